The van der Waals surface area contributed by atoms with Crippen LogP contribution in [0.1, 0.15) is 5.56 Å². The van der Waals surface area contributed by atoms with Crippen LogP contribution in [0.25, 0.3) is 0 Å². The van der Waals surface area contributed by atoms with E-state index >= 15 is 0 Å². The van der Waals surface area contributed by atoms with Crippen molar-refractivity contribution in [3.63, 3.8) is 0 Å². The molecule has 2 rings (SSSR count). The Labute approximate surface area is 120 Å². The molecule has 0 aliphatic heterocycles. The maximum atomic E-state index is 12.0. The lowest BCUT2D eigenvalue weighted by Gasteiger charge is -2.07. The lowest BCUT2D eigenvalue weighted by molar-refractivity contribution is -0.120. The second kappa shape index (κ2) is 5.59. The minimum absolute atomic E-state index is 0.0654. The Morgan fingerprint density at radius 1 is 1.40 bits per heavy atom. The van der Waals surface area contributed by atoms with Gasteiger partial charge in [0, 0.05) is 18.6 Å². The van der Waals surface area contributed by atoms with E-state index in [2.05, 4.69) is 10.1 Å². The molecule has 0 spiro atoms. The number of aromatic nitrogens is 3. The van der Waals surface area contributed by atoms with E-state index in [9.17, 15) is 13.2 Å². The molecule has 1 N–H and O–H groups in total. The standard InChI is InChI=1S/C11H11ClN4O3S/c1-8-2-10(5-13-3-8)20(18,19)15-11(17)7-16-6-9(12)4-14-16/h2-6H,7H2,1H3,(H,15,17). The number of carbonyl (C=O) groups is 1. The number of hydrogen-bond donors (Lipinski definition) is 1. The Morgan fingerprint density at radius 3 is 2.75 bits per heavy atom. The van der Waals surface area contributed by atoms with Crippen LogP contribution in [0.3, 0.4) is 0 Å². The monoisotopic (exact) mass is 314 g/mol. The smallest absolute Gasteiger partial charge is 0.265 e. The summed E-state index contributed by atoms with van der Waals surface area (Å²) in [6.07, 6.45) is 5.47. The summed E-state index contributed by atoms with van der Waals surface area (Å²) < 4.78 is 27.1. The van der Waals surface area contributed by atoms with Gasteiger partial charge in [-0.05, 0) is 18.6 Å². The Hall–Kier alpha value is -1.93. The molecule has 2 aromatic rings. The number of nitrogens with zero attached hydrogens (tertiary/aromatic N) is 3. The van der Waals surface area contributed by atoms with Crippen LogP contribution in [0.2, 0.25) is 5.02 Å². The zero-order chi connectivity index (χ0) is 14.8. The number of carbonyl (C=O) groups excluding carboxylic acids is 1. The molecule has 9 heteroatoms. The quantitative estimate of drug-likeness (QED) is 0.898. The van der Waals surface area contributed by atoms with Crippen molar-refractivity contribution in [1.29, 1.82) is 0 Å². The summed E-state index contributed by atoms with van der Waals surface area (Å²) in [7, 11) is -3.93. The van der Waals surface area contributed by atoms with Crippen LogP contribution in [-0.2, 0) is 21.4 Å². The van der Waals surface area contributed by atoms with Crippen LogP contribution in [0.15, 0.2) is 35.7 Å². The predicted molar refractivity (Wildman–Crippen MR) is 71.5 cm³/mol. The minimum Gasteiger partial charge on any atom is -0.272 e. The number of rotatable bonds is 4. The Bertz CT molecular complexity index is 742. The molecule has 2 aromatic heterocycles. The largest absolute Gasteiger partial charge is 0.272 e. The third kappa shape index (κ3) is 3.55. The molecule has 1 amide bonds. The van der Waals surface area contributed by atoms with Crippen molar-refractivity contribution in [3.05, 3.63) is 41.4 Å². The third-order valence-corrected chi connectivity index (χ3v) is 3.85. The van der Waals surface area contributed by atoms with Crippen molar-refractivity contribution >= 4 is 27.5 Å². The number of aryl methyl sites for hydroxylation is 1. The molecule has 0 atom stereocenters. The molecule has 0 radical (unpaired) electrons. The highest BCUT2D eigenvalue weighted by molar-refractivity contribution is 7.90. The summed E-state index contributed by atoms with van der Waals surface area (Å²) in [5.74, 6) is -0.716. The van der Waals surface area contributed by atoms with Gasteiger partial charge in [0.1, 0.15) is 11.4 Å². The van der Waals surface area contributed by atoms with Gasteiger partial charge in [0.15, 0.2) is 0 Å². The van der Waals surface area contributed by atoms with E-state index in [1.54, 1.807) is 6.92 Å². The highest BCUT2D eigenvalue weighted by Gasteiger charge is 2.18. The summed E-state index contributed by atoms with van der Waals surface area (Å²) in [5.41, 5.74) is 0.680. The van der Waals surface area contributed by atoms with Gasteiger partial charge in [0.2, 0.25) is 0 Å². The molecular weight excluding hydrogens is 304 g/mol. The van der Waals surface area contributed by atoms with Gasteiger partial charge in [0.25, 0.3) is 15.9 Å². The molecule has 0 saturated carbocycles. The Balaban J connectivity index is 2.10. The van der Waals surface area contributed by atoms with Gasteiger partial charge < -0.3 is 0 Å². The number of pyridine rings is 1. The first-order chi connectivity index (χ1) is 9.37. The van der Waals surface area contributed by atoms with E-state index in [0.717, 1.165) is 0 Å². The summed E-state index contributed by atoms with van der Waals surface area (Å²) in [6, 6.07) is 1.42. The maximum Gasteiger partial charge on any atom is 0.265 e. The fraction of sp³-hybridized carbons (Fsp3) is 0.182. The van der Waals surface area contributed by atoms with E-state index in [4.69, 9.17) is 11.6 Å². The molecule has 0 aromatic carbocycles. The molecule has 0 aliphatic rings. The van der Waals surface area contributed by atoms with Gasteiger partial charge in [-0.25, -0.2) is 13.1 Å². The fourth-order valence-electron chi connectivity index (χ4n) is 1.49. The van der Waals surface area contributed by atoms with Gasteiger partial charge in [-0.1, -0.05) is 11.6 Å². The van der Waals surface area contributed by atoms with Crippen LogP contribution in [0, 0.1) is 6.92 Å². The minimum atomic E-state index is -3.93. The van der Waals surface area contributed by atoms with Crippen LogP contribution in [0.5, 0.6) is 0 Å². The lowest BCUT2D eigenvalue weighted by Crippen LogP contribution is -2.33. The molecule has 0 bridgehead atoms. The van der Waals surface area contributed by atoms with Crippen molar-refractivity contribution in [1.82, 2.24) is 19.5 Å². The van der Waals surface area contributed by atoms with E-state index in [1.165, 1.54) is 35.5 Å². The molecule has 0 fully saturated rings. The Kier molecular flexibility index (Phi) is 4.05. The number of hydrogen-bond acceptors (Lipinski definition) is 5. The van der Waals surface area contributed by atoms with Crippen molar-refractivity contribution in [2.45, 2.75) is 18.4 Å². The second-order valence-electron chi connectivity index (χ2n) is 4.08. The van der Waals surface area contributed by atoms with Crippen molar-refractivity contribution in [2.24, 2.45) is 0 Å². The van der Waals surface area contributed by atoms with E-state index in [1.807, 2.05) is 4.72 Å². The van der Waals surface area contributed by atoms with Crippen LogP contribution in [-0.4, -0.2) is 29.1 Å². The average Bonchev–Trinajstić information content (AvgIpc) is 2.73. The molecule has 0 aliphatic carbocycles. The topological polar surface area (TPSA) is 94.0 Å². The number of nitrogens with one attached hydrogen (secondary N) is 1. The predicted octanol–water partition coefficient (Wildman–Crippen LogP) is 0.745. The molecule has 20 heavy (non-hydrogen) atoms. The van der Waals surface area contributed by atoms with Crippen molar-refractivity contribution in [3.8, 4) is 0 Å². The van der Waals surface area contributed by atoms with Crippen LogP contribution in [0.4, 0.5) is 0 Å². The highest BCUT2D eigenvalue weighted by atomic mass is 35.5. The first-order valence-electron chi connectivity index (χ1n) is 5.52. The molecule has 2 heterocycles. The first kappa shape index (κ1) is 14.5. The van der Waals surface area contributed by atoms with Gasteiger partial charge >= 0.3 is 0 Å². The van der Waals surface area contributed by atoms with E-state index in [0.29, 0.717) is 10.6 Å². The second-order valence-corrected chi connectivity index (χ2v) is 6.20. The zero-order valence-electron chi connectivity index (χ0n) is 10.4. The highest BCUT2D eigenvalue weighted by Crippen LogP contribution is 2.09. The van der Waals surface area contributed by atoms with Crippen LogP contribution >= 0.6 is 11.6 Å². The zero-order valence-corrected chi connectivity index (χ0v) is 12.0. The average molecular weight is 315 g/mol. The van der Waals surface area contributed by atoms with Crippen LogP contribution < -0.4 is 4.72 Å². The summed E-state index contributed by atoms with van der Waals surface area (Å²) in [4.78, 5) is 15.4. The normalized spacial score (nSPS) is 11.3. The third-order valence-electron chi connectivity index (χ3n) is 2.32. The van der Waals surface area contributed by atoms with Gasteiger partial charge in [-0.15, -0.1) is 0 Å². The summed E-state index contributed by atoms with van der Waals surface area (Å²) in [6.45, 7) is 1.46. The molecule has 0 unspecified atom stereocenters. The van der Waals surface area contributed by atoms with Gasteiger partial charge in [0.05, 0.1) is 11.2 Å². The number of sulfonamides is 1. The maximum absolute atomic E-state index is 12.0. The molecule has 0 saturated heterocycles. The van der Waals surface area contributed by atoms with Gasteiger partial charge in [-0.2, -0.15) is 5.10 Å². The van der Waals surface area contributed by atoms with Gasteiger partial charge in [-0.3, -0.25) is 14.5 Å². The van der Waals surface area contributed by atoms with E-state index < -0.39 is 15.9 Å². The molecular formula is C11H11ClN4O3S. The molecule has 106 valence electrons. The summed E-state index contributed by atoms with van der Waals surface area (Å²) >= 11 is 5.65. The Morgan fingerprint density at radius 2 is 2.15 bits per heavy atom. The summed E-state index contributed by atoms with van der Waals surface area (Å²) in [5, 5.41) is 4.15. The lowest BCUT2D eigenvalue weighted by atomic mass is 10.3. The first-order valence-corrected chi connectivity index (χ1v) is 7.38. The number of amides is 1. The SMILES string of the molecule is Cc1cncc(S(=O)(=O)NC(=O)Cn2cc(Cl)cn2)c1. The number of halogens is 1. The van der Waals surface area contributed by atoms with Crippen molar-refractivity contribution < 1.29 is 13.2 Å². The molecule has 7 nitrogen and oxygen atoms in total. The fourth-order valence-corrected chi connectivity index (χ4v) is 2.67. The van der Waals surface area contributed by atoms with Crippen molar-refractivity contribution in [2.75, 3.05) is 0 Å². The van der Waals surface area contributed by atoms with E-state index in [-0.39, 0.29) is 11.4 Å².